The van der Waals surface area contributed by atoms with Gasteiger partial charge in [0.25, 0.3) is 11.6 Å². The van der Waals surface area contributed by atoms with Crippen molar-refractivity contribution >= 4 is 29.3 Å². The van der Waals surface area contributed by atoms with Crippen LogP contribution in [0.25, 0.3) is 6.08 Å². The summed E-state index contributed by atoms with van der Waals surface area (Å²) in [5.74, 6) is -0.837. The van der Waals surface area contributed by atoms with Crippen LogP contribution in [-0.2, 0) is 4.79 Å². The highest BCUT2D eigenvalue weighted by molar-refractivity contribution is 6.10. The van der Waals surface area contributed by atoms with Crippen LogP contribution in [-0.4, -0.2) is 23.9 Å². The first-order valence-corrected chi connectivity index (χ1v) is 9.54. The number of esters is 1. The maximum atomic E-state index is 12.5. The molecular weight excluding hydrogens is 426 g/mol. The summed E-state index contributed by atoms with van der Waals surface area (Å²) in [4.78, 5) is 35.0. The molecule has 3 aromatic rings. The van der Waals surface area contributed by atoms with Crippen molar-refractivity contribution in [3.63, 3.8) is 0 Å². The standard InChI is InChI=1S/C24H17N3O6/c1-32-22-14-19(27(30)31)9-12-21(22)26-23(28)18(15-25)13-16-7-10-20(11-8-16)33-24(29)17-5-3-2-4-6-17/h2-14H,1H3,(H,26,28)/b18-13+. The molecule has 0 fully saturated rings. The number of amides is 1. The molecule has 0 atom stereocenters. The third-order valence-corrected chi connectivity index (χ3v) is 4.42. The van der Waals surface area contributed by atoms with Crippen molar-refractivity contribution in [2.75, 3.05) is 12.4 Å². The molecule has 1 N–H and O–H groups in total. The molecule has 3 rings (SSSR count). The van der Waals surface area contributed by atoms with Crippen molar-refractivity contribution in [1.29, 1.82) is 5.26 Å². The number of ether oxygens (including phenoxy) is 2. The minimum atomic E-state index is -0.718. The highest BCUT2D eigenvalue weighted by atomic mass is 16.6. The van der Waals surface area contributed by atoms with Gasteiger partial charge in [0.1, 0.15) is 23.1 Å². The first-order valence-electron chi connectivity index (χ1n) is 9.54. The average molecular weight is 443 g/mol. The predicted molar refractivity (Wildman–Crippen MR) is 120 cm³/mol. The number of hydrogen-bond donors (Lipinski definition) is 1. The van der Waals surface area contributed by atoms with Crippen molar-refractivity contribution in [3.8, 4) is 17.6 Å². The summed E-state index contributed by atoms with van der Waals surface area (Å²) < 4.78 is 10.4. The van der Waals surface area contributed by atoms with E-state index < -0.39 is 16.8 Å². The van der Waals surface area contributed by atoms with Crippen LogP contribution in [0.3, 0.4) is 0 Å². The number of nitriles is 1. The van der Waals surface area contributed by atoms with Gasteiger partial charge in [-0.15, -0.1) is 0 Å². The van der Waals surface area contributed by atoms with Gasteiger partial charge in [0, 0.05) is 6.07 Å². The molecule has 33 heavy (non-hydrogen) atoms. The highest BCUT2D eigenvalue weighted by Gasteiger charge is 2.16. The minimum absolute atomic E-state index is 0.0828. The van der Waals surface area contributed by atoms with Crippen molar-refractivity contribution in [1.82, 2.24) is 0 Å². The largest absolute Gasteiger partial charge is 0.494 e. The number of methoxy groups -OCH3 is 1. The third-order valence-electron chi connectivity index (χ3n) is 4.42. The molecule has 9 nitrogen and oxygen atoms in total. The van der Waals surface area contributed by atoms with Gasteiger partial charge >= 0.3 is 5.97 Å². The lowest BCUT2D eigenvalue weighted by Crippen LogP contribution is -2.14. The van der Waals surface area contributed by atoms with E-state index in [0.29, 0.717) is 16.9 Å². The van der Waals surface area contributed by atoms with Crippen LogP contribution in [0.15, 0.2) is 78.4 Å². The van der Waals surface area contributed by atoms with Gasteiger partial charge in [0.2, 0.25) is 0 Å². The number of nitrogens with zero attached hydrogens (tertiary/aromatic N) is 2. The van der Waals surface area contributed by atoms with Crippen LogP contribution in [0.2, 0.25) is 0 Å². The molecule has 0 saturated carbocycles. The van der Waals surface area contributed by atoms with E-state index in [1.54, 1.807) is 54.6 Å². The predicted octanol–water partition coefficient (Wildman–Crippen LogP) is 4.37. The molecule has 0 bridgehead atoms. The molecule has 0 radical (unpaired) electrons. The van der Waals surface area contributed by atoms with Crippen LogP contribution < -0.4 is 14.8 Å². The van der Waals surface area contributed by atoms with Crippen molar-refractivity contribution in [2.24, 2.45) is 0 Å². The fourth-order valence-corrected chi connectivity index (χ4v) is 2.77. The van der Waals surface area contributed by atoms with Gasteiger partial charge in [-0.05, 0) is 42.0 Å². The number of benzene rings is 3. The number of anilines is 1. The summed E-state index contributed by atoms with van der Waals surface area (Å²) in [6, 6.07) is 20.3. The number of non-ortho nitro benzene ring substituents is 1. The quantitative estimate of drug-likeness (QED) is 0.143. The third kappa shape index (κ3) is 5.80. The molecule has 9 heteroatoms. The Morgan fingerprint density at radius 2 is 1.76 bits per heavy atom. The number of nitro benzene ring substituents is 1. The Hall–Kier alpha value is -4.97. The molecule has 0 saturated heterocycles. The number of nitro groups is 1. The van der Waals surface area contributed by atoms with E-state index in [-0.39, 0.29) is 22.7 Å². The Balaban J connectivity index is 1.72. The summed E-state index contributed by atoms with van der Waals surface area (Å²) in [5, 5.41) is 22.8. The first-order chi connectivity index (χ1) is 15.9. The lowest BCUT2D eigenvalue weighted by molar-refractivity contribution is -0.384. The van der Waals surface area contributed by atoms with Crippen LogP contribution in [0.4, 0.5) is 11.4 Å². The van der Waals surface area contributed by atoms with E-state index >= 15 is 0 Å². The van der Waals surface area contributed by atoms with E-state index in [1.165, 1.54) is 31.4 Å². The highest BCUT2D eigenvalue weighted by Crippen LogP contribution is 2.29. The smallest absolute Gasteiger partial charge is 0.343 e. The fraction of sp³-hybridized carbons (Fsp3) is 0.0417. The lowest BCUT2D eigenvalue weighted by Gasteiger charge is -2.09. The molecule has 3 aromatic carbocycles. The van der Waals surface area contributed by atoms with Crippen LogP contribution in [0.5, 0.6) is 11.5 Å². The molecule has 0 aromatic heterocycles. The topological polar surface area (TPSA) is 132 Å². The molecule has 0 heterocycles. The van der Waals surface area contributed by atoms with Crippen LogP contribution in [0.1, 0.15) is 15.9 Å². The number of hydrogen-bond acceptors (Lipinski definition) is 7. The molecule has 0 aliphatic rings. The Labute approximate surface area is 188 Å². The van der Waals surface area contributed by atoms with Gasteiger partial charge in [-0.3, -0.25) is 14.9 Å². The second kappa shape index (κ2) is 10.4. The molecule has 0 spiro atoms. The zero-order valence-corrected chi connectivity index (χ0v) is 17.3. The maximum Gasteiger partial charge on any atom is 0.343 e. The minimum Gasteiger partial charge on any atom is -0.494 e. The summed E-state index contributed by atoms with van der Waals surface area (Å²) in [5.41, 5.74) is 0.708. The normalized spacial score (nSPS) is 10.6. The number of carbonyl (C=O) groups is 2. The zero-order valence-electron chi connectivity index (χ0n) is 17.3. The number of nitrogens with one attached hydrogen (secondary N) is 1. The van der Waals surface area contributed by atoms with Gasteiger partial charge in [0.15, 0.2) is 0 Å². The fourth-order valence-electron chi connectivity index (χ4n) is 2.77. The zero-order chi connectivity index (χ0) is 23.8. The Kier molecular flexibility index (Phi) is 7.13. The van der Waals surface area contributed by atoms with E-state index in [4.69, 9.17) is 9.47 Å². The molecule has 164 valence electrons. The SMILES string of the molecule is COc1cc([N+](=O)[O-])ccc1NC(=O)/C(C#N)=C/c1ccc(OC(=O)c2ccccc2)cc1. The Bertz CT molecular complexity index is 1260. The Morgan fingerprint density at radius 3 is 2.36 bits per heavy atom. The monoisotopic (exact) mass is 443 g/mol. The van der Waals surface area contributed by atoms with Gasteiger partial charge in [-0.25, -0.2) is 4.79 Å². The van der Waals surface area contributed by atoms with Gasteiger partial charge in [-0.1, -0.05) is 30.3 Å². The summed E-state index contributed by atoms with van der Waals surface area (Å²) in [7, 11) is 1.31. The van der Waals surface area contributed by atoms with E-state index in [9.17, 15) is 25.0 Å². The molecule has 0 unspecified atom stereocenters. The molecule has 0 aliphatic heterocycles. The maximum absolute atomic E-state index is 12.5. The van der Waals surface area contributed by atoms with Crippen LogP contribution in [0, 0.1) is 21.4 Å². The number of rotatable bonds is 7. The summed E-state index contributed by atoms with van der Waals surface area (Å²) in [6.07, 6.45) is 1.36. The summed E-state index contributed by atoms with van der Waals surface area (Å²) >= 11 is 0. The van der Waals surface area contributed by atoms with Gasteiger partial charge < -0.3 is 14.8 Å². The van der Waals surface area contributed by atoms with Crippen LogP contribution >= 0.6 is 0 Å². The second-order valence-corrected chi connectivity index (χ2v) is 6.59. The van der Waals surface area contributed by atoms with Crippen molar-refractivity contribution in [2.45, 2.75) is 0 Å². The first kappa shape index (κ1) is 22.7. The average Bonchev–Trinajstić information content (AvgIpc) is 2.84. The van der Waals surface area contributed by atoms with E-state index in [1.807, 2.05) is 6.07 Å². The molecule has 0 aliphatic carbocycles. The molecule has 1 amide bonds. The summed E-state index contributed by atoms with van der Waals surface area (Å²) in [6.45, 7) is 0. The van der Waals surface area contributed by atoms with Crippen molar-refractivity contribution < 1.29 is 24.0 Å². The van der Waals surface area contributed by atoms with E-state index in [0.717, 1.165) is 0 Å². The van der Waals surface area contributed by atoms with E-state index in [2.05, 4.69) is 5.32 Å². The van der Waals surface area contributed by atoms with Crippen molar-refractivity contribution in [3.05, 3.63) is 99.6 Å². The van der Waals surface area contributed by atoms with Gasteiger partial charge in [-0.2, -0.15) is 5.26 Å². The number of carbonyl (C=O) groups excluding carboxylic acids is 2. The lowest BCUT2D eigenvalue weighted by atomic mass is 10.1. The molecular formula is C24H17N3O6. The van der Waals surface area contributed by atoms with Gasteiger partial charge in [0.05, 0.1) is 29.4 Å². The second-order valence-electron chi connectivity index (χ2n) is 6.59. The Morgan fingerprint density at radius 1 is 1.06 bits per heavy atom.